The van der Waals surface area contributed by atoms with Crippen LogP contribution in [0.2, 0.25) is 0 Å². The van der Waals surface area contributed by atoms with Crippen LogP contribution in [-0.4, -0.2) is 54.5 Å². The zero-order valence-electron chi connectivity index (χ0n) is 12.8. The molecule has 2 rings (SSSR count). The van der Waals surface area contributed by atoms with E-state index in [0.717, 1.165) is 18.4 Å². The molecule has 0 aromatic heterocycles. The van der Waals surface area contributed by atoms with Crippen molar-refractivity contribution in [3.8, 4) is 0 Å². The van der Waals surface area contributed by atoms with E-state index < -0.39 is 0 Å². The van der Waals surface area contributed by atoms with Gasteiger partial charge in [0.1, 0.15) is 0 Å². The van der Waals surface area contributed by atoms with Crippen LogP contribution >= 0.6 is 0 Å². The first kappa shape index (κ1) is 14.6. The van der Waals surface area contributed by atoms with Gasteiger partial charge in [-0.3, -0.25) is 9.89 Å². The number of aliphatic imine (C=N–C) groups is 1. The normalized spacial score (nSPS) is 23.1. The highest BCUT2D eigenvalue weighted by atomic mass is 15.3. The maximum Gasteiger partial charge on any atom is 0.191 e. The Morgan fingerprint density at radius 3 is 2.47 bits per heavy atom. The Morgan fingerprint density at radius 1 is 1.32 bits per heavy atom. The predicted octanol–water partition coefficient (Wildman–Crippen LogP) is 1.91. The highest BCUT2D eigenvalue weighted by Gasteiger charge is 2.28. The van der Waals surface area contributed by atoms with E-state index in [-0.39, 0.29) is 0 Å². The average Bonchev–Trinajstić information content (AvgIpc) is 3.08. The van der Waals surface area contributed by atoms with Crippen molar-refractivity contribution >= 4 is 5.96 Å². The Labute approximate surface area is 118 Å². The van der Waals surface area contributed by atoms with Crippen LogP contribution in [0.15, 0.2) is 4.99 Å². The minimum Gasteiger partial charge on any atom is -0.370 e. The van der Waals surface area contributed by atoms with Gasteiger partial charge in [-0.05, 0) is 51.1 Å². The highest BCUT2D eigenvalue weighted by molar-refractivity contribution is 5.78. The van der Waals surface area contributed by atoms with Crippen molar-refractivity contribution in [1.29, 1.82) is 0 Å². The van der Waals surface area contributed by atoms with E-state index in [9.17, 15) is 0 Å². The fourth-order valence-electron chi connectivity index (χ4n) is 2.95. The van der Waals surface area contributed by atoms with Crippen LogP contribution < -0.4 is 5.73 Å². The van der Waals surface area contributed by atoms with Crippen LogP contribution in [0.4, 0.5) is 0 Å². The molecule has 110 valence electrons. The molecular formula is C15H30N4. The molecule has 2 fully saturated rings. The Hall–Kier alpha value is -0.770. The van der Waals surface area contributed by atoms with Gasteiger partial charge in [-0.25, -0.2) is 0 Å². The lowest BCUT2D eigenvalue weighted by molar-refractivity contribution is 0.218. The van der Waals surface area contributed by atoms with Crippen LogP contribution in [0, 0.1) is 5.92 Å². The van der Waals surface area contributed by atoms with Gasteiger partial charge < -0.3 is 10.6 Å². The summed E-state index contributed by atoms with van der Waals surface area (Å²) >= 11 is 0. The summed E-state index contributed by atoms with van der Waals surface area (Å²) in [6.45, 7) is 7.94. The summed E-state index contributed by atoms with van der Waals surface area (Å²) in [5, 5.41) is 0. The van der Waals surface area contributed by atoms with Crippen molar-refractivity contribution in [3.05, 3.63) is 0 Å². The summed E-state index contributed by atoms with van der Waals surface area (Å²) < 4.78 is 0. The van der Waals surface area contributed by atoms with E-state index in [0.29, 0.717) is 12.1 Å². The lowest BCUT2D eigenvalue weighted by Crippen LogP contribution is -2.39. The van der Waals surface area contributed by atoms with Crippen molar-refractivity contribution in [2.24, 2.45) is 16.6 Å². The van der Waals surface area contributed by atoms with Gasteiger partial charge in [0.15, 0.2) is 5.96 Å². The molecule has 19 heavy (non-hydrogen) atoms. The third kappa shape index (κ3) is 4.37. The first-order valence-corrected chi connectivity index (χ1v) is 7.84. The van der Waals surface area contributed by atoms with Gasteiger partial charge >= 0.3 is 0 Å². The van der Waals surface area contributed by atoms with E-state index >= 15 is 0 Å². The second kappa shape index (κ2) is 6.60. The van der Waals surface area contributed by atoms with E-state index in [4.69, 9.17) is 5.73 Å². The molecule has 0 amide bonds. The van der Waals surface area contributed by atoms with Gasteiger partial charge in [-0.2, -0.15) is 0 Å². The van der Waals surface area contributed by atoms with E-state index in [1.165, 1.54) is 45.2 Å². The molecule has 0 aromatic carbocycles. The van der Waals surface area contributed by atoms with Gasteiger partial charge in [0.25, 0.3) is 0 Å². The van der Waals surface area contributed by atoms with E-state index in [1.54, 1.807) is 0 Å². The van der Waals surface area contributed by atoms with Crippen molar-refractivity contribution in [2.45, 2.75) is 58.0 Å². The first-order valence-electron chi connectivity index (χ1n) is 7.84. The topological polar surface area (TPSA) is 44.9 Å². The molecule has 0 unspecified atom stereocenters. The zero-order chi connectivity index (χ0) is 13.8. The first-order chi connectivity index (χ1) is 9.08. The lowest BCUT2D eigenvalue weighted by atomic mass is 10.0. The molecule has 1 saturated carbocycles. The number of likely N-dealkylation sites (tertiary alicyclic amines) is 1. The second-order valence-corrected chi connectivity index (χ2v) is 6.57. The third-order valence-electron chi connectivity index (χ3n) is 4.32. The Morgan fingerprint density at radius 2 is 1.95 bits per heavy atom. The van der Waals surface area contributed by atoms with Crippen molar-refractivity contribution in [1.82, 2.24) is 9.80 Å². The average molecular weight is 266 g/mol. The summed E-state index contributed by atoms with van der Waals surface area (Å²) in [5.74, 6) is 1.46. The van der Waals surface area contributed by atoms with Gasteiger partial charge in [-0.15, -0.1) is 0 Å². The quantitative estimate of drug-likeness (QED) is 0.590. The molecule has 0 radical (unpaired) electrons. The predicted molar refractivity (Wildman–Crippen MR) is 81.3 cm³/mol. The monoisotopic (exact) mass is 266 g/mol. The molecule has 2 aliphatic rings. The van der Waals surface area contributed by atoms with Crippen molar-refractivity contribution < 1.29 is 0 Å². The molecule has 1 aliphatic carbocycles. The van der Waals surface area contributed by atoms with E-state index in [1.807, 2.05) is 0 Å². The molecule has 1 heterocycles. The molecule has 2 N–H and O–H groups in total. The molecule has 1 aliphatic heterocycles. The minimum absolute atomic E-state index is 0.577. The molecular weight excluding hydrogens is 236 g/mol. The summed E-state index contributed by atoms with van der Waals surface area (Å²) in [5.41, 5.74) is 6.09. The lowest BCUT2D eigenvalue weighted by Gasteiger charge is -2.28. The molecule has 4 heteroatoms. The number of nitrogens with zero attached hydrogens (tertiary/aromatic N) is 3. The standard InChI is InChI=1S/C15H30N4/c1-12(2)10-14(19-8-4-5-9-19)11-17-15(16)18(3)13-6-7-13/h12-14H,4-11H2,1-3H3,(H2,16,17)/t14-/m1/s1. The third-order valence-corrected chi connectivity index (χ3v) is 4.32. The van der Waals surface area contributed by atoms with E-state index in [2.05, 4.69) is 35.7 Å². The van der Waals surface area contributed by atoms with Gasteiger partial charge in [0.05, 0.1) is 6.54 Å². The highest BCUT2D eigenvalue weighted by Crippen LogP contribution is 2.25. The minimum atomic E-state index is 0.577. The largest absolute Gasteiger partial charge is 0.370 e. The molecule has 4 nitrogen and oxygen atoms in total. The summed E-state index contributed by atoms with van der Waals surface area (Å²) in [6, 6.07) is 1.23. The van der Waals surface area contributed by atoms with Gasteiger partial charge in [0, 0.05) is 19.1 Å². The maximum atomic E-state index is 6.09. The fraction of sp³-hybridized carbons (Fsp3) is 0.933. The van der Waals surface area contributed by atoms with Crippen LogP contribution in [0.5, 0.6) is 0 Å². The summed E-state index contributed by atoms with van der Waals surface area (Å²) in [6.07, 6.45) is 6.46. The molecule has 0 bridgehead atoms. The van der Waals surface area contributed by atoms with Gasteiger partial charge in [-0.1, -0.05) is 13.8 Å². The molecule has 0 spiro atoms. The smallest absolute Gasteiger partial charge is 0.191 e. The Kier molecular flexibility index (Phi) is 5.08. The summed E-state index contributed by atoms with van der Waals surface area (Å²) in [4.78, 5) is 9.42. The van der Waals surface area contributed by atoms with Crippen LogP contribution in [0.25, 0.3) is 0 Å². The van der Waals surface area contributed by atoms with Crippen molar-refractivity contribution in [3.63, 3.8) is 0 Å². The molecule has 1 saturated heterocycles. The fourth-order valence-corrected chi connectivity index (χ4v) is 2.95. The zero-order valence-corrected chi connectivity index (χ0v) is 12.8. The number of hydrogen-bond acceptors (Lipinski definition) is 2. The summed E-state index contributed by atoms with van der Waals surface area (Å²) in [7, 11) is 2.07. The molecule has 1 atom stereocenters. The second-order valence-electron chi connectivity index (χ2n) is 6.57. The number of rotatable bonds is 6. The van der Waals surface area contributed by atoms with Crippen LogP contribution in [-0.2, 0) is 0 Å². The number of hydrogen-bond donors (Lipinski definition) is 1. The van der Waals surface area contributed by atoms with Crippen LogP contribution in [0.1, 0.15) is 46.0 Å². The maximum absolute atomic E-state index is 6.09. The van der Waals surface area contributed by atoms with Crippen molar-refractivity contribution in [2.75, 3.05) is 26.7 Å². The Bertz CT molecular complexity index is 303. The number of guanidine groups is 1. The Balaban J connectivity index is 1.88. The SMILES string of the molecule is CC(C)C[C@H](CN=C(N)N(C)C1CC1)N1CCCC1. The van der Waals surface area contributed by atoms with Crippen LogP contribution in [0.3, 0.4) is 0 Å². The number of nitrogens with two attached hydrogens (primary N) is 1. The molecule has 0 aromatic rings. The van der Waals surface area contributed by atoms with Gasteiger partial charge in [0.2, 0.25) is 0 Å².